The Morgan fingerprint density at radius 3 is 2.53 bits per heavy atom. The maximum Gasteiger partial charge on any atom is 0.294 e. The van der Waals surface area contributed by atoms with Gasteiger partial charge in [-0.25, -0.2) is 14.4 Å². The Bertz CT molecular complexity index is 1310. The van der Waals surface area contributed by atoms with Crippen LogP contribution < -0.4 is 11.2 Å². The van der Waals surface area contributed by atoms with E-state index in [0.717, 1.165) is 4.68 Å². The SMILES string of the molecule is Nc1nonc1-n1nnc(C(=O)NN=Cc2ccc(F)cc2)c1-c1ccc([N+](=O)[O-])cc1. The molecular weight excluding hydrogens is 425 g/mol. The van der Waals surface area contributed by atoms with Crippen LogP contribution in [0.15, 0.2) is 58.3 Å². The number of amides is 1. The van der Waals surface area contributed by atoms with Gasteiger partial charge in [-0.2, -0.15) is 9.78 Å². The Morgan fingerprint density at radius 1 is 1.19 bits per heavy atom. The molecule has 2 aromatic heterocycles. The molecule has 0 spiro atoms. The van der Waals surface area contributed by atoms with Crippen LogP contribution in [0.4, 0.5) is 15.9 Å². The van der Waals surface area contributed by atoms with Crippen LogP contribution in [0, 0.1) is 15.9 Å². The third kappa shape index (κ3) is 4.00. The van der Waals surface area contributed by atoms with Gasteiger partial charge in [-0.05, 0) is 40.1 Å². The molecule has 0 unspecified atom stereocenters. The van der Waals surface area contributed by atoms with Crippen molar-refractivity contribution in [2.45, 2.75) is 0 Å². The van der Waals surface area contributed by atoms with Crippen LogP contribution >= 0.6 is 0 Å². The Morgan fingerprint density at radius 2 is 1.91 bits per heavy atom. The van der Waals surface area contributed by atoms with Gasteiger partial charge < -0.3 is 5.73 Å². The predicted octanol–water partition coefficient (Wildman–Crippen LogP) is 1.71. The number of non-ortho nitro benzene ring substituents is 1. The summed E-state index contributed by atoms with van der Waals surface area (Å²) in [5.41, 5.74) is 8.74. The highest BCUT2D eigenvalue weighted by atomic mass is 19.1. The average Bonchev–Trinajstić information content (AvgIpc) is 3.41. The van der Waals surface area contributed by atoms with E-state index >= 15 is 0 Å². The topological polar surface area (TPSA) is 180 Å². The Kier molecular flexibility index (Phi) is 5.31. The Balaban J connectivity index is 1.69. The zero-order valence-electron chi connectivity index (χ0n) is 15.9. The number of benzene rings is 2. The fraction of sp³-hybridized carbons (Fsp3) is 0. The molecule has 0 radical (unpaired) electrons. The number of halogens is 1. The lowest BCUT2D eigenvalue weighted by molar-refractivity contribution is -0.384. The quantitative estimate of drug-likeness (QED) is 0.258. The minimum atomic E-state index is -0.738. The highest BCUT2D eigenvalue weighted by molar-refractivity contribution is 5.98. The van der Waals surface area contributed by atoms with Gasteiger partial charge in [-0.1, -0.05) is 17.3 Å². The van der Waals surface area contributed by atoms with Crippen LogP contribution in [0.1, 0.15) is 16.1 Å². The van der Waals surface area contributed by atoms with Gasteiger partial charge in [0.05, 0.1) is 11.1 Å². The van der Waals surface area contributed by atoms with E-state index in [1.807, 2.05) is 0 Å². The van der Waals surface area contributed by atoms with E-state index in [4.69, 9.17) is 5.73 Å². The number of nitrogens with two attached hydrogens (primary N) is 1. The Hall–Kier alpha value is -5.01. The van der Waals surface area contributed by atoms with Gasteiger partial charge in [0.2, 0.25) is 11.6 Å². The molecule has 0 saturated heterocycles. The summed E-state index contributed by atoms with van der Waals surface area (Å²) >= 11 is 0. The predicted molar refractivity (Wildman–Crippen MR) is 107 cm³/mol. The molecule has 32 heavy (non-hydrogen) atoms. The largest absolute Gasteiger partial charge is 0.378 e. The van der Waals surface area contributed by atoms with E-state index in [-0.39, 0.29) is 28.7 Å². The molecule has 0 aliphatic heterocycles. The number of hydrogen-bond acceptors (Lipinski definition) is 10. The molecule has 2 heterocycles. The van der Waals surface area contributed by atoms with E-state index in [2.05, 4.69) is 35.8 Å². The van der Waals surface area contributed by atoms with Crippen LogP contribution in [0.25, 0.3) is 17.1 Å². The van der Waals surface area contributed by atoms with E-state index in [9.17, 15) is 19.3 Å². The number of carbonyl (C=O) groups is 1. The molecule has 4 rings (SSSR count). The van der Waals surface area contributed by atoms with Gasteiger partial charge in [0.25, 0.3) is 11.6 Å². The van der Waals surface area contributed by atoms with Crippen molar-refractivity contribution in [2.75, 3.05) is 5.73 Å². The lowest BCUT2D eigenvalue weighted by Crippen LogP contribution is -2.19. The highest BCUT2D eigenvalue weighted by Crippen LogP contribution is 2.28. The summed E-state index contributed by atoms with van der Waals surface area (Å²) in [6, 6.07) is 10.8. The molecule has 0 aliphatic rings. The maximum atomic E-state index is 13.0. The molecule has 160 valence electrons. The monoisotopic (exact) mass is 437 g/mol. The first kappa shape index (κ1) is 20.3. The van der Waals surface area contributed by atoms with Crippen molar-refractivity contribution in [1.29, 1.82) is 0 Å². The molecule has 2 aromatic carbocycles. The Labute approximate surface area is 177 Å². The van der Waals surface area contributed by atoms with E-state index in [1.165, 1.54) is 54.7 Å². The molecule has 4 aromatic rings. The van der Waals surface area contributed by atoms with Crippen LogP contribution in [0.5, 0.6) is 0 Å². The lowest BCUT2D eigenvalue weighted by atomic mass is 10.1. The van der Waals surface area contributed by atoms with Crippen molar-refractivity contribution >= 4 is 23.6 Å². The minimum Gasteiger partial charge on any atom is -0.378 e. The van der Waals surface area contributed by atoms with Crippen LogP contribution in [0.3, 0.4) is 0 Å². The number of nitro groups is 1. The van der Waals surface area contributed by atoms with Crippen LogP contribution in [-0.4, -0.2) is 42.4 Å². The van der Waals surface area contributed by atoms with Crippen molar-refractivity contribution < 1.29 is 18.7 Å². The highest BCUT2D eigenvalue weighted by Gasteiger charge is 2.25. The molecule has 3 N–H and O–H groups in total. The number of nitro benzene ring substituents is 1. The number of rotatable bonds is 6. The van der Waals surface area contributed by atoms with E-state index in [0.29, 0.717) is 11.1 Å². The van der Waals surface area contributed by atoms with Gasteiger partial charge >= 0.3 is 0 Å². The molecule has 0 saturated carbocycles. The second kappa shape index (κ2) is 8.39. The summed E-state index contributed by atoms with van der Waals surface area (Å²) in [5.74, 6) is -1.28. The molecule has 0 aliphatic carbocycles. The van der Waals surface area contributed by atoms with Gasteiger partial charge in [0.15, 0.2) is 5.69 Å². The first-order valence-electron chi connectivity index (χ1n) is 8.82. The second-order valence-electron chi connectivity index (χ2n) is 6.23. The first-order chi connectivity index (χ1) is 15.4. The van der Waals surface area contributed by atoms with Crippen LogP contribution in [0.2, 0.25) is 0 Å². The normalized spacial score (nSPS) is 11.0. The summed E-state index contributed by atoms with van der Waals surface area (Å²) in [7, 11) is 0. The molecule has 13 nitrogen and oxygen atoms in total. The van der Waals surface area contributed by atoms with E-state index < -0.39 is 16.6 Å². The minimum absolute atomic E-state index is 0.0280. The van der Waals surface area contributed by atoms with Crippen molar-refractivity contribution in [3.05, 3.63) is 75.7 Å². The zero-order chi connectivity index (χ0) is 22.7. The standard InChI is InChI=1S/C18H12FN9O4/c19-12-5-1-10(2-6-12)9-21-23-18(29)14-15(11-3-7-13(8-4-11)28(30)31)27(26-22-14)17-16(20)24-32-25-17/h1-9H,(H2,20,24)(H,23,29). The van der Waals surface area contributed by atoms with Crippen molar-refractivity contribution in [3.63, 3.8) is 0 Å². The summed E-state index contributed by atoms with van der Waals surface area (Å²) < 4.78 is 18.7. The number of nitrogens with one attached hydrogen (secondary N) is 1. The maximum absolute atomic E-state index is 13.0. The fourth-order valence-electron chi connectivity index (χ4n) is 2.69. The molecule has 0 fully saturated rings. The average molecular weight is 437 g/mol. The molecule has 14 heteroatoms. The summed E-state index contributed by atoms with van der Waals surface area (Å²) in [4.78, 5) is 23.1. The molecule has 1 amide bonds. The van der Waals surface area contributed by atoms with Gasteiger partial charge in [-0.15, -0.1) is 5.10 Å². The first-order valence-corrected chi connectivity index (χ1v) is 8.82. The van der Waals surface area contributed by atoms with Crippen LogP contribution in [-0.2, 0) is 0 Å². The van der Waals surface area contributed by atoms with Crippen molar-refractivity contribution in [3.8, 4) is 17.1 Å². The van der Waals surface area contributed by atoms with E-state index in [1.54, 1.807) is 0 Å². The van der Waals surface area contributed by atoms with Crippen molar-refractivity contribution in [1.82, 2.24) is 30.7 Å². The lowest BCUT2D eigenvalue weighted by Gasteiger charge is -2.05. The van der Waals surface area contributed by atoms with Gasteiger partial charge in [0.1, 0.15) is 11.5 Å². The third-order valence-corrected chi connectivity index (χ3v) is 4.18. The number of hydrazone groups is 1. The molecule has 0 atom stereocenters. The fourth-order valence-corrected chi connectivity index (χ4v) is 2.69. The summed E-state index contributed by atoms with van der Waals surface area (Å²) in [5, 5.41) is 29.6. The molecule has 0 bridgehead atoms. The smallest absolute Gasteiger partial charge is 0.294 e. The summed E-state index contributed by atoms with van der Waals surface area (Å²) in [6.07, 6.45) is 1.31. The number of anilines is 1. The van der Waals surface area contributed by atoms with Gasteiger partial charge in [-0.3, -0.25) is 14.9 Å². The van der Waals surface area contributed by atoms with Gasteiger partial charge in [0, 0.05) is 17.7 Å². The number of carbonyl (C=O) groups excluding carboxylic acids is 1. The number of aromatic nitrogens is 5. The second-order valence-corrected chi connectivity index (χ2v) is 6.23. The number of nitrogens with zero attached hydrogens (tertiary/aromatic N) is 7. The number of nitrogen functional groups attached to an aromatic ring is 1. The third-order valence-electron chi connectivity index (χ3n) is 4.18. The summed E-state index contributed by atoms with van der Waals surface area (Å²) in [6.45, 7) is 0. The zero-order valence-corrected chi connectivity index (χ0v) is 15.9. The molecular formula is C18H12FN9O4. The number of hydrogen-bond donors (Lipinski definition) is 2. The van der Waals surface area contributed by atoms with Crippen molar-refractivity contribution in [2.24, 2.45) is 5.10 Å².